The number of hydrogen-bond acceptors (Lipinski definition) is 5. The first-order chi connectivity index (χ1) is 9.26. The van der Waals surface area contributed by atoms with Crippen molar-refractivity contribution in [3.05, 3.63) is 23.2 Å². The molecule has 1 aromatic heterocycles. The van der Waals surface area contributed by atoms with Gasteiger partial charge in [0.15, 0.2) is 5.58 Å². The number of piperidine rings is 1. The number of hydrogen-bond donors (Lipinski definition) is 0. The van der Waals surface area contributed by atoms with Crippen molar-refractivity contribution in [2.24, 2.45) is 4.99 Å². The number of anilines is 1. The van der Waals surface area contributed by atoms with Gasteiger partial charge in [-0.2, -0.15) is 4.98 Å². The Bertz CT molecular complexity index is 640. The average Bonchev–Trinajstić information content (AvgIpc) is 2.83. The summed E-state index contributed by atoms with van der Waals surface area (Å²) in [7, 11) is 0. The van der Waals surface area contributed by atoms with Crippen LogP contribution in [-0.4, -0.2) is 30.2 Å². The molecule has 0 atom stereocenters. The zero-order chi connectivity index (χ0) is 13.2. The monoisotopic (exact) mass is 277 g/mol. The Kier molecular flexibility index (Phi) is 3.23. The number of fused-ring (bicyclic) bond motifs is 1. The molecule has 6 heteroatoms. The number of oxazole rings is 1. The van der Waals surface area contributed by atoms with Crippen molar-refractivity contribution in [2.45, 2.75) is 18.9 Å². The summed E-state index contributed by atoms with van der Waals surface area (Å²) in [6, 6.07) is 6.06. The normalized spacial score (nSPS) is 16.6. The summed E-state index contributed by atoms with van der Waals surface area (Å²) in [5.74, 6) is 0. The second-order valence-corrected chi connectivity index (χ2v) is 4.98. The van der Waals surface area contributed by atoms with E-state index in [0.717, 1.165) is 37.0 Å². The molecule has 0 bridgehead atoms. The van der Waals surface area contributed by atoms with Crippen LogP contribution in [0.2, 0.25) is 5.02 Å². The van der Waals surface area contributed by atoms with Crippen LogP contribution in [0.25, 0.3) is 11.1 Å². The summed E-state index contributed by atoms with van der Waals surface area (Å²) < 4.78 is 5.71. The standard InChI is InChI=1S/C13H12ClN3O2/c14-9-1-2-12-11(7-9)16-13(19-12)17-5-3-10(4-6-17)15-8-18/h1-2,7,10H,3-6H2. The lowest BCUT2D eigenvalue weighted by molar-refractivity contribution is 0.463. The zero-order valence-electron chi connectivity index (χ0n) is 10.2. The molecule has 2 heterocycles. The second-order valence-electron chi connectivity index (χ2n) is 4.55. The van der Waals surface area contributed by atoms with Crippen molar-refractivity contribution in [1.82, 2.24) is 4.98 Å². The predicted molar refractivity (Wildman–Crippen MR) is 72.4 cm³/mol. The molecule has 0 N–H and O–H groups in total. The van der Waals surface area contributed by atoms with E-state index in [1.807, 2.05) is 6.07 Å². The first kappa shape index (κ1) is 12.2. The van der Waals surface area contributed by atoms with E-state index in [1.54, 1.807) is 18.2 Å². The Labute approximate surface area is 114 Å². The van der Waals surface area contributed by atoms with Crippen molar-refractivity contribution in [2.75, 3.05) is 18.0 Å². The largest absolute Gasteiger partial charge is 0.423 e. The number of carbonyl (C=O) groups excluding carboxylic acids is 1. The third kappa shape index (κ3) is 2.48. The van der Waals surface area contributed by atoms with E-state index in [9.17, 15) is 4.79 Å². The van der Waals surface area contributed by atoms with E-state index in [-0.39, 0.29) is 6.04 Å². The lowest BCUT2D eigenvalue weighted by Gasteiger charge is -2.27. The topological polar surface area (TPSA) is 58.7 Å². The molecule has 0 unspecified atom stereocenters. The molecule has 1 saturated heterocycles. The molecular formula is C13H12ClN3O2. The highest BCUT2D eigenvalue weighted by atomic mass is 35.5. The van der Waals surface area contributed by atoms with Crippen LogP contribution < -0.4 is 4.90 Å². The number of nitrogens with zero attached hydrogens (tertiary/aromatic N) is 3. The van der Waals surface area contributed by atoms with E-state index in [4.69, 9.17) is 16.0 Å². The Hall–Kier alpha value is -1.84. The van der Waals surface area contributed by atoms with Gasteiger partial charge < -0.3 is 9.32 Å². The zero-order valence-corrected chi connectivity index (χ0v) is 10.9. The van der Waals surface area contributed by atoms with Crippen molar-refractivity contribution in [3.63, 3.8) is 0 Å². The van der Waals surface area contributed by atoms with E-state index >= 15 is 0 Å². The van der Waals surface area contributed by atoms with Gasteiger partial charge in [-0.3, -0.25) is 0 Å². The molecular weight excluding hydrogens is 266 g/mol. The molecule has 98 valence electrons. The molecule has 3 rings (SSSR count). The van der Waals surface area contributed by atoms with E-state index in [1.165, 1.54) is 0 Å². The maximum atomic E-state index is 10.2. The van der Waals surface area contributed by atoms with Crippen molar-refractivity contribution < 1.29 is 9.21 Å². The van der Waals surface area contributed by atoms with Crippen LogP contribution in [0.3, 0.4) is 0 Å². The number of isocyanates is 1. The fraction of sp³-hybridized carbons (Fsp3) is 0.385. The highest BCUT2D eigenvalue weighted by molar-refractivity contribution is 6.31. The van der Waals surface area contributed by atoms with Crippen LogP contribution in [0, 0.1) is 0 Å². The lowest BCUT2D eigenvalue weighted by Crippen LogP contribution is -2.35. The summed E-state index contributed by atoms with van der Waals surface area (Å²) in [5.41, 5.74) is 1.49. The molecule has 0 spiro atoms. The van der Waals surface area contributed by atoms with Gasteiger partial charge in [-0.15, -0.1) is 0 Å². The van der Waals surface area contributed by atoms with Crippen molar-refractivity contribution in [3.8, 4) is 0 Å². The van der Waals surface area contributed by atoms with Gasteiger partial charge >= 0.3 is 0 Å². The molecule has 0 amide bonds. The highest BCUT2D eigenvalue weighted by Crippen LogP contribution is 2.26. The number of benzene rings is 1. The Morgan fingerprint density at radius 3 is 2.95 bits per heavy atom. The van der Waals surface area contributed by atoms with Crippen molar-refractivity contribution in [1.29, 1.82) is 0 Å². The molecule has 0 saturated carbocycles. The van der Waals surface area contributed by atoms with Gasteiger partial charge in [-0.05, 0) is 31.0 Å². The van der Waals surface area contributed by atoms with Gasteiger partial charge in [0, 0.05) is 18.1 Å². The first-order valence-corrected chi connectivity index (χ1v) is 6.52. The fourth-order valence-corrected chi connectivity index (χ4v) is 2.45. The summed E-state index contributed by atoms with van der Waals surface area (Å²) in [6.07, 6.45) is 3.25. The van der Waals surface area contributed by atoms with Crippen LogP contribution in [0.15, 0.2) is 27.6 Å². The molecule has 1 fully saturated rings. The van der Waals surface area contributed by atoms with Gasteiger partial charge in [0.05, 0.1) is 6.04 Å². The second kappa shape index (κ2) is 5.03. The number of aliphatic imine (C=N–C) groups is 1. The molecule has 0 radical (unpaired) electrons. The van der Waals surface area contributed by atoms with Gasteiger partial charge in [0.2, 0.25) is 6.08 Å². The third-order valence-corrected chi connectivity index (χ3v) is 3.54. The van der Waals surface area contributed by atoms with Gasteiger partial charge in [-0.1, -0.05) is 11.6 Å². The van der Waals surface area contributed by atoms with Crippen LogP contribution in [0.5, 0.6) is 0 Å². The quantitative estimate of drug-likeness (QED) is 0.626. The summed E-state index contributed by atoms with van der Waals surface area (Å²) in [4.78, 5) is 20.5. The highest BCUT2D eigenvalue weighted by Gasteiger charge is 2.22. The molecule has 1 aliphatic heterocycles. The summed E-state index contributed by atoms with van der Waals surface area (Å²) in [6.45, 7) is 1.55. The Morgan fingerprint density at radius 1 is 1.42 bits per heavy atom. The molecule has 1 aromatic carbocycles. The number of halogens is 1. The van der Waals surface area contributed by atoms with Crippen LogP contribution in [-0.2, 0) is 4.79 Å². The van der Waals surface area contributed by atoms with E-state index < -0.39 is 0 Å². The van der Waals surface area contributed by atoms with Crippen LogP contribution in [0.4, 0.5) is 6.01 Å². The van der Waals surface area contributed by atoms with Gasteiger partial charge in [-0.25, -0.2) is 9.79 Å². The van der Waals surface area contributed by atoms with E-state index in [2.05, 4.69) is 14.9 Å². The molecule has 0 aliphatic carbocycles. The number of rotatable bonds is 2. The minimum atomic E-state index is 0.0765. The Morgan fingerprint density at radius 2 is 2.21 bits per heavy atom. The fourth-order valence-electron chi connectivity index (χ4n) is 2.28. The predicted octanol–water partition coefficient (Wildman–Crippen LogP) is 2.79. The van der Waals surface area contributed by atoms with Crippen molar-refractivity contribution >= 4 is 34.8 Å². The molecule has 2 aromatic rings. The maximum absolute atomic E-state index is 10.2. The average molecular weight is 278 g/mol. The van der Waals surface area contributed by atoms with Gasteiger partial charge in [0.25, 0.3) is 6.01 Å². The van der Waals surface area contributed by atoms with Crippen LogP contribution in [0.1, 0.15) is 12.8 Å². The minimum Gasteiger partial charge on any atom is -0.423 e. The summed E-state index contributed by atoms with van der Waals surface area (Å²) in [5, 5.41) is 0.645. The number of aromatic nitrogens is 1. The van der Waals surface area contributed by atoms with Crippen LogP contribution >= 0.6 is 11.6 Å². The smallest absolute Gasteiger partial charge is 0.298 e. The third-order valence-electron chi connectivity index (χ3n) is 3.31. The Balaban J connectivity index is 1.80. The minimum absolute atomic E-state index is 0.0765. The van der Waals surface area contributed by atoms with E-state index in [0.29, 0.717) is 11.0 Å². The molecule has 5 nitrogen and oxygen atoms in total. The lowest BCUT2D eigenvalue weighted by atomic mass is 10.1. The molecule has 1 aliphatic rings. The SMILES string of the molecule is O=C=NC1CCN(c2nc3cc(Cl)ccc3o2)CC1. The summed E-state index contributed by atoms with van der Waals surface area (Å²) >= 11 is 5.92. The van der Waals surface area contributed by atoms with Gasteiger partial charge in [0.1, 0.15) is 5.52 Å². The maximum Gasteiger partial charge on any atom is 0.298 e. The molecule has 19 heavy (non-hydrogen) atoms. The first-order valence-electron chi connectivity index (χ1n) is 6.14.